The lowest BCUT2D eigenvalue weighted by Crippen LogP contribution is -2.34. The number of nitrogens with one attached hydrogen (secondary N) is 1. The predicted molar refractivity (Wildman–Crippen MR) is 80.5 cm³/mol. The summed E-state index contributed by atoms with van der Waals surface area (Å²) in [6, 6.07) is 1.84. The summed E-state index contributed by atoms with van der Waals surface area (Å²) in [5.41, 5.74) is 1.10. The molecule has 0 bridgehead atoms. The van der Waals surface area contributed by atoms with Crippen LogP contribution in [0.3, 0.4) is 0 Å². The van der Waals surface area contributed by atoms with Gasteiger partial charge in [-0.15, -0.1) is 0 Å². The molecule has 0 atom stereocenters. The largest absolute Gasteiger partial charge is 0.356 e. The molecule has 110 valence electrons. The lowest BCUT2D eigenvalue weighted by Gasteiger charge is -2.32. The minimum absolute atomic E-state index is 0.0636. The molecule has 1 aromatic heterocycles. The number of likely N-dealkylation sites (tertiary alicyclic amines) is 1. The van der Waals surface area contributed by atoms with E-state index in [9.17, 15) is 4.79 Å². The van der Waals surface area contributed by atoms with Crippen LogP contribution in [0.5, 0.6) is 0 Å². The van der Waals surface area contributed by atoms with Crippen LogP contribution < -0.4 is 5.32 Å². The molecule has 0 aliphatic carbocycles. The maximum absolute atomic E-state index is 10.8. The van der Waals surface area contributed by atoms with Crippen molar-refractivity contribution in [2.24, 2.45) is 5.92 Å². The van der Waals surface area contributed by atoms with Crippen LogP contribution in [0.25, 0.3) is 0 Å². The summed E-state index contributed by atoms with van der Waals surface area (Å²) in [5, 5.41) is 3.67. The summed E-state index contributed by atoms with van der Waals surface area (Å²) in [5.74, 6) is 0.788. The number of amides is 1. The molecule has 0 aromatic carbocycles. The van der Waals surface area contributed by atoms with E-state index in [0.717, 1.165) is 49.1 Å². The molecule has 1 N–H and O–H groups in total. The highest BCUT2D eigenvalue weighted by atomic mass is 35.5. The average molecular weight is 296 g/mol. The maximum Gasteiger partial charge on any atom is 0.216 e. The highest BCUT2D eigenvalue weighted by Gasteiger charge is 2.19. The Bertz CT molecular complexity index is 444. The summed E-state index contributed by atoms with van der Waals surface area (Å²) in [6.07, 6.45) is 7.04. The molecular formula is C15H22ClN3O. The summed E-state index contributed by atoms with van der Waals surface area (Å²) in [7, 11) is 0. The smallest absolute Gasteiger partial charge is 0.216 e. The van der Waals surface area contributed by atoms with Gasteiger partial charge in [-0.2, -0.15) is 0 Å². The van der Waals surface area contributed by atoms with E-state index in [1.54, 1.807) is 13.1 Å². The van der Waals surface area contributed by atoms with Crippen LogP contribution in [0, 0.1) is 5.92 Å². The number of carbonyl (C=O) groups is 1. The van der Waals surface area contributed by atoms with Gasteiger partial charge < -0.3 is 5.32 Å². The van der Waals surface area contributed by atoms with Gasteiger partial charge in [-0.25, -0.2) is 0 Å². The van der Waals surface area contributed by atoms with Crippen LogP contribution in [0.2, 0.25) is 5.02 Å². The normalized spacial score (nSPS) is 17.1. The summed E-state index contributed by atoms with van der Waals surface area (Å²) in [4.78, 5) is 17.4. The number of aromatic nitrogens is 1. The summed E-state index contributed by atoms with van der Waals surface area (Å²) in [6.45, 7) is 5.44. The number of rotatable bonds is 5. The molecule has 5 heteroatoms. The zero-order valence-electron chi connectivity index (χ0n) is 11.9. The molecule has 0 saturated carbocycles. The van der Waals surface area contributed by atoms with Gasteiger partial charge in [0.15, 0.2) is 0 Å². The molecular weight excluding hydrogens is 274 g/mol. The van der Waals surface area contributed by atoms with Gasteiger partial charge in [0.2, 0.25) is 5.91 Å². The number of carbonyl (C=O) groups excluding carboxylic acids is 1. The summed E-state index contributed by atoms with van der Waals surface area (Å²) < 4.78 is 0. The number of halogens is 1. The molecule has 20 heavy (non-hydrogen) atoms. The van der Waals surface area contributed by atoms with Crippen molar-refractivity contribution in [3.8, 4) is 0 Å². The van der Waals surface area contributed by atoms with Crippen LogP contribution in [-0.4, -0.2) is 35.4 Å². The molecule has 1 fully saturated rings. The van der Waals surface area contributed by atoms with Gasteiger partial charge in [-0.05, 0) is 44.3 Å². The molecule has 1 aromatic rings. The highest BCUT2D eigenvalue weighted by molar-refractivity contribution is 6.31. The van der Waals surface area contributed by atoms with Crippen LogP contribution in [0.1, 0.15) is 31.7 Å². The van der Waals surface area contributed by atoms with Crippen LogP contribution in [0.4, 0.5) is 0 Å². The molecule has 2 rings (SSSR count). The lowest BCUT2D eigenvalue weighted by molar-refractivity contribution is -0.119. The maximum atomic E-state index is 10.8. The lowest BCUT2D eigenvalue weighted by atomic mass is 9.93. The number of nitrogens with zero attached hydrogens (tertiary/aromatic N) is 2. The Morgan fingerprint density at radius 3 is 2.90 bits per heavy atom. The molecule has 4 nitrogen and oxygen atoms in total. The quantitative estimate of drug-likeness (QED) is 0.908. The molecule has 1 aliphatic rings. The van der Waals surface area contributed by atoms with Gasteiger partial charge in [-0.1, -0.05) is 11.6 Å². The Hall–Kier alpha value is -1.13. The van der Waals surface area contributed by atoms with Crippen molar-refractivity contribution in [1.29, 1.82) is 0 Å². The molecule has 2 heterocycles. The van der Waals surface area contributed by atoms with Crippen molar-refractivity contribution < 1.29 is 4.79 Å². The fraction of sp³-hybridized carbons (Fsp3) is 0.600. The van der Waals surface area contributed by atoms with Crippen molar-refractivity contribution in [3.05, 3.63) is 29.0 Å². The van der Waals surface area contributed by atoms with E-state index >= 15 is 0 Å². The van der Waals surface area contributed by atoms with Crippen molar-refractivity contribution in [2.45, 2.75) is 32.7 Å². The first-order chi connectivity index (χ1) is 9.65. The Morgan fingerprint density at radius 1 is 1.50 bits per heavy atom. The van der Waals surface area contributed by atoms with Crippen molar-refractivity contribution in [1.82, 2.24) is 15.2 Å². The monoisotopic (exact) mass is 295 g/mol. The average Bonchev–Trinajstić information content (AvgIpc) is 2.43. The van der Waals surface area contributed by atoms with Crippen molar-refractivity contribution in [3.63, 3.8) is 0 Å². The standard InChI is InChI=1S/C15H22ClN3O/c1-12(20)18-7-2-13-4-8-19(9-5-13)11-14-10-17-6-3-15(14)16/h3,6,10,13H,2,4-5,7-9,11H2,1H3,(H,18,20). The van der Waals surface area contributed by atoms with E-state index in [0.29, 0.717) is 0 Å². The van der Waals surface area contributed by atoms with Crippen molar-refractivity contribution >= 4 is 17.5 Å². The first kappa shape index (κ1) is 15.3. The number of hydrogen-bond donors (Lipinski definition) is 1. The molecule has 1 aliphatic heterocycles. The van der Waals surface area contributed by atoms with Crippen molar-refractivity contribution in [2.75, 3.05) is 19.6 Å². The second kappa shape index (κ2) is 7.60. The zero-order valence-corrected chi connectivity index (χ0v) is 12.7. The molecule has 0 radical (unpaired) electrons. The third-order valence-electron chi connectivity index (χ3n) is 3.87. The second-order valence-electron chi connectivity index (χ2n) is 5.46. The van der Waals surface area contributed by atoms with Gasteiger partial charge in [0.05, 0.1) is 0 Å². The third-order valence-corrected chi connectivity index (χ3v) is 4.24. The van der Waals surface area contributed by atoms with Crippen LogP contribution in [-0.2, 0) is 11.3 Å². The molecule has 0 spiro atoms. The minimum Gasteiger partial charge on any atom is -0.356 e. The zero-order chi connectivity index (χ0) is 14.4. The van der Waals surface area contributed by atoms with Gasteiger partial charge in [0.1, 0.15) is 0 Å². The second-order valence-corrected chi connectivity index (χ2v) is 5.87. The van der Waals surface area contributed by atoms with Crippen LogP contribution in [0.15, 0.2) is 18.5 Å². The highest BCUT2D eigenvalue weighted by Crippen LogP contribution is 2.23. The van der Waals surface area contributed by atoms with E-state index in [4.69, 9.17) is 11.6 Å². The summed E-state index contributed by atoms with van der Waals surface area (Å²) >= 11 is 6.16. The van der Waals surface area contributed by atoms with Gasteiger partial charge in [-0.3, -0.25) is 14.7 Å². The van der Waals surface area contributed by atoms with E-state index < -0.39 is 0 Å². The number of piperidine rings is 1. The Balaban J connectivity index is 1.72. The Labute approximate surface area is 125 Å². The van der Waals surface area contributed by atoms with Crippen LogP contribution >= 0.6 is 11.6 Å². The number of hydrogen-bond acceptors (Lipinski definition) is 3. The van der Waals surface area contributed by atoms with E-state index in [-0.39, 0.29) is 5.91 Å². The Morgan fingerprint density at radius 2 is 2.25 bits per heavy atom. The minimum atomic E-state index is 0.0636. The number of pyridine rings is 1. The topological polar surface area (TPSA) is 45.2 Å². The fourth-order valence-corrected chi connectivity index (χ4v) is 2.82. The third kappa shape index (κ3) is 4.76. The van der Waals surface area contributed by atoms with Gasteiger partial charge in [0.25, 0.3) is 0 Å². The van der Waals surface area contributed by atoms with E-state index in [2.05, 4.69) is 15.2 Å². The molecule has 1 amide bonds. The Kier molecular flexibility index (Phi) is 5.80. The molecule has 0 unspecified atom stereocenters. The SMILES string of the molecule is CC(=O)NCCC1CCN(Cc2cnccc2Cl)CC1. The van der Waals surface area contributed by atoms with E-state index in [1.165, 1.54) is 12.8 Å². The predicted octanol–water partition coefficient (Wildman–Crippen LogP) is 2.47. The first-order valence-corrected chi connectivity index (χ1v) is 7.58. The fourth-order valence-electron chi connectivity index (χ4n) is 2.65. The first-order valence-electron chi connectivity index (χ1n) is 7.20. The van der Waals surface area contributed by atoms with Gasteiger partial charge >= 0.3 is 0 Å². The van der Waals surface area contributed by atoms with E-state index in [1.807, 2.05) is 12.3 Å². The van der Waals surface area contributed by atoms with Gasteiger partial charge in [0, 0.05) is 43.0 Å². The molecule has 1 saturated heterocycles.